The van der Waals surface area contributed by atoms with Crippen molar-refractivity contribution in [1.29, 1.82) is 0 Å². The lowest BCUT2D eigenvalue weighted by atomic mass is 9.98. The van der Waals surface area contributed by atoms with Crippen LogP contribution in [0, 0.1) is 0 Å². The zero-order valence-electron chi connectivity index (χ0n) is 17.3. The molecule has 1 aromatic heterocycles. The molecule has 1 unspecified atom stereocenters. The van der Waals surface area contributed by atoms with Crippen LogP contribution in [0.4, 0.5) is 5.69 Å². The van der Waals surface area contributed by atoms with E-state index >= 15 is 0 Å². The van der Waals surface area contributed by atoms with Crippen molar-refractivity contribution < 1.29 is 18.7 Å². The minimum absolute atomic E-state index is 0.0291. The summed E-state index contributed by atoms with van der Waals surface area (Å²) >= 11 is 6.13. The summed E-state index contributed by atoms with van der Waals surface area (Å²) in [5.74, 6) is 0.974. The highest BCUT2D eigenvalue weighted by molar-refractivity contribution is 6.31. The van der Waals surface area contributed by atoms with E-state index in [9.17, 15) is 9.59 Å². The standard InChI is InChI=1S/C25H18ClNO5/c1-30-17-8-3-14(4-9-17)22-21-23(28)19-13-15(26)5-12-20(19)32-24(21)25(29)27(22)16-6-10-18(31-2)11-7-16/h3-13,22H,1-2H3. The Bertz CT molecular complexity index is 1390. The van der Waals surface area contributed by atoms with Crippen LogP contribution in [0.25, 0.3) is 11.0 Å². The predicted molar refractivity (Wildman–Crippen MR) is 122 cm³/mol. The molecule has 0 saturated heterocycles. The van der Waals surface area contributed by atoms with Gasteiger partial charge in [0.15, 0.2) is 5.43 Å². The fourth-order valence-electron chi connectivity index (χ4n) is 4.06. The van der Waals surface area contributed by atoms with Gasteiger partial charge in [0, 0.05) is 10.7 Å². The van der Waals surface area contributed by atoms with Gasteiger partial charge in [-0.15, -0.1) is 0 Å². The Morgan fingerprint density at radius 2 is 1.50 bits per heavy atom. The number of ether oxygens (including phenoxy) is 2. The molecule has 0 fully saturated rings. The summed E-state index contributed by atoms with van der Waals surface area (Å²) in [6.07, 6.45) is 0. The zero-order chi connectivity index (χ0) is 22.4. The van der Waals surface area contributed by atoms with E-state index in [0.29, 0.717) is 33.2 Å². The molecule has 0 spiro atoms. The van der Waals surface area contributed by atoms with Crippen molar-refractivity contribution in [2.75, 3.05) is 19.1 Å². The van der Waals surface area contributed by atoms with Gasteiger partial charge in [-0.3, -0.25) is 14.5 Å². The highest BCUT2D eigenvalue weighted by Gasteiger charge is 2.43. The Kier molecular flexibility index (Phi) is 4.87. The highest BCUT2D eigenvalue weighted by Crippen LogP contribution is 2.42. The van der Waals surface area contributed by atoms with Crippen molar-refractivity contribution in [2.45, 2.75) is 6.04 Å². The second-order valence-corrected chi connectivity index (χ2v) is 7.80. The quantitative estimate of drug-likeness (QED) is 0.429. The summed E-state index contributed by atoms with van der Waals surface area (Å²) in [6, 6.07) is 18.5. The smallest absolute Gasteiger partial charge is 0.295 e. The lowest BCUT2D eigenvalue weighted by Gasteiger charge is -2.25. The van der Waals surface area contributed by atoms with Crippen molar-refractivity contribution in [2.24, 2.45) is 0 Å². The van der Waals surface area contributed by atoms with E-state index in [1.54, 1.807) is 73.7 Å². The zero-order valence-corrected chi connectivity index (χ0v) is 18.1. The maximum atomic E-state index is 13.6. The monoisotopic (exact) mass is 447 g/mol. The highest BCUT2D eigenvalue weighted by atomic mass is 35.5. The first-order chi connectivity index (χ1) is 15.5. The Hall–Kier alpha value is -3.77. The molecule has 1 amide bonds. The first-order valence-corrected chi connectivity index (χ1v) is 10.3. The molecular formula is C25H18ClNO5. The molecular weight excluding hydrogens is 430 g/mol. The van der Waals surface area contributed by atoms with Gasteiger partial charge in [-0.05, 0) is 60.2 Å². The minimum atomic E-state index is -0.670. The number of hydrogen-bond donors (Lipinski definition) is 0. The second kappa shape index (κ2) is 7.73. The van der Waals surface area contributed by atoms with Crippen molar-refractivity contribution in [3.8, 4) is 11.5 Å². The molecule has 4 aromatic rings. The van der Waals surface area contributed by atoms with Gasteiger partial charge in [-0.25, -0.2) is 0 Å². The van der Waals surface area contributed by atoms with Gasteiger partial charge in [0.05, 0.1) is 31.2 Å². The number of methoxy groups -OCH3 is 2. The van der Waals surface area contributed by atoms with Crippen molar-refractivity contribution in [3.63, 3.8) is 0 Å². The number of amides is 1. The van der Waals surface area contributed by atoms with Gasteiger partial charge in [0.2, 0.25) is 5.76 Å². The average molecular weight is 448 g/mol. The summed E-state index contributed by atoms with van der Waals surface area (Å²) < 4.78 is 16.5. The minimum Gasteiger partial charge on any atom is -0.497 e. The van der Waals surface area contributed by atoms with Crippen LogP contribution >= 0.6 is 11.6 Å². The summed E-state index contributed by atoms with van der Waals surface area (Å²) in [5, 5.41) is 0.751. The molecule has 0 saturated carbocycles. The van der Waals surface area contributed by atoms with Gasteiger partial charge < -0.3 is 13.9 Å². The number of halogens is 1. The van der Waals surface area contributed by atoms with E-state index in [-0.39, 0.29) is 22.7 Å². The van der Waals surface area contributed by atoms with Crippen LogP contribution in [0.2, 0.25) is 5.02 Å². The van der Waals surface area contributed by atoms with Gasteiger partial charge in [-0.1, -0.05) is 23.7 Å². The Morgan fingerprint density at radius 1 is 0.875 bits per heavy atom. The fraction of sp³-hybridized carbons (Fsp3) is 0.120. The molecule has 0 N–H and O–H groups in total. The number of fused-ring (bicyclic) bond motifs is 2. The van der Waals surface area contributed by atoms with Crippen molar-refractivity contribution in [3.05, 3.63) is 98.9 Å². The number of carbonyl (C=O) groups excluding carboxylic acids is 1. The molecule has 3 aromatic carbocycles. The molecule has 0 bridgehead atoms. The Labute approximate surface area is 188 Å². The van der Waals surface area contributed by atoms with E-state index in [4.69, 9.17) is 25.5 Å². The van der Waals surface area contributed by atoms with Crippen LogP contribution in [0.15, 0.2) is 75.9 Å². The maximum absolute atomic E-state index is 13.6. The van der Waals surface area contributed by atoms with Gasteiger partial charge in [0.25, 0.3) is 5.91 Å². The number of benzene rings is 3. The molecule has 5 rings (SSSR count). The molecule has 7 heteroatoms. The van der Waals surface area contributed by atoms with E-state index in [1.807, 2.05) is 12.1 Å². The molecule has 0 aliphatic carbocycles. The normalized spacial score (nSPS) is 15.2. The number of rotatable bonds is 4. The van der Waals surface area contributed by atoms with E-state index in [1.165, 1.54) is 0 Å². The van der Waals surface area contributed by atoms with Crippen LogP contribution in [0.3, 0.4) is 0 Å². The van der Waals surface area contributed by atoms with Crippen LogP contribution in [-0.4, -0.2) is 20.1 Å². The average Bonchev–Trinajstić information content (AvgIpc) is 3.12. The van der Waals surface area contributed by atoms with Gasteiger partial charge in [0.1, 0.15) is 17.1 Å². The summed E-state index contributed by atoms with van der Waals surface area (Å²) in [7, 11) is 3.16. The predicted octanol–water partition coefficient (Wildman–Crippen LogP) is 5.21. The second-order valence-electron chi connectivity index (χ2n) is 7.36. The van der Waals surface area contributed by atoms with Crippen LogP contribution < -0.4 is 19.8 Å². The molecule has 2 heterocycles. The van der Waals surface area contributed by atoms with Crippen molar-refractivity contribution in [1.82, 2.24) is 0 Å². The number of nitrogens with zero attached hydrogens (tertiary/aromatic N) is 1. The summed E-state index contributed by atoms with van der Waals surface area (Å²) in [4.78, 5) is 28.7. The molecule has 160 valence electrons. The van der Waals surface area contributed by atoms with Gasteiger partial charge >= 0.3 is 0 Å². The fourth-order valence-corrected chi connectivity index (χ4v) is 4.23. The first kappa shape index (κ1) is 20.2. The molecule has 1 atom stereocenters. The Balaban J connectivity index is 1.77. The SMILES string of the molecule is COc1ccc(C2c3c(oc4ccc(Cl)cc4c3=O)C(=O)N2c2ccc(OC)cc2)cc1. The van der Waals surface area contributed by atoms with E-state index < -0.39 is 6.04 Å². The molecule has 32 heavy (non-hydrogen) atoms. The number of carbonyl (C=O) groups is 1. The first-order valence-electron chi connectivity index (χ1n) is 9.89. The lowest BCUT2D eigenvalue weighted by Crippen LogP contribution is -2.29. The third kappa shape index (κ3) is 3.11. The van der Waals surface area contributed by atoms with E-state index in [2.05, 4.69) is 0 Å². The molecule has 1 aliphatic rings. The third-order valence-corrected chi connectivity index (χ3v) is 5.85. The lowest BCUT2D eigenvalue weighted by molar-refractivity contribution is 0.0971. The Morgan fingerprint density at radius 3 is 2.12 bits per heavy atom. The number of anilines is 1. The maximum Gasteiger partial charge on any atom is 0.295 e. The van der Waals surface area contributed by atoms with Crippen molar-refractivity contribution >= 4 is 34.2 Å². The topological polar surface area (TPSA) is 69.0 Å². The van der Waals surface area contributed by atoms with Crippen LogP contribution in [-0.2, 0) is 0 Å². The van der Waals surface area contributed by atoms with E-state index in [0.717, 1.165) is 5.56 Å². The van der Waals surface area contributed by atoms with Crippen LogP contribution in [0.1, 0.15) is 27.7 Å². The van der Waals surface area contributed by atoms with Gasteiger partial charge in [-0.2, -0.15) is 0 Å². The largest absolute Gasteiger partial charge is 0.497 e. The summed E-state index contributed by atoms with van der Waals surface area (Å²) in [6.45, 7) is 0. The van der Waals surface area contributed by atoms with Crippen LogP contribution in [0.5, 0.6) is 11.5 Å². The third-order valence-electron chi connectivity index (χ3n) is 5.61. The summed E-state index contributed by atoms with van der Waals surface area (Å²) in [5.41, 5.74) is 1.68. The molecule has 6 nitrogen and oxygen atoms in total. The molecule has 1 aliphatic heterocycles. The molecule has 0 radical (unpaired) electrons. The number of hydrogen-bond acceptors (Lipinski definition) is 5.